The quantitative estimate of drug-likeness (QED) is 0.817. The Morgan fingerprint density at radius 3 is 2.44 bits per heavy atom. The van der Waals surface area contributed by atoms with Crippen LogP contribution in [0.15, 0.2) is 66.2 Å². The Morgan fingerprint density at radius 1 is 1.16 bits per heavy atom. The molecule has 2 N–H and O–H groups in total. The van der Waals surface area contributed by atoms with Crippen molar-refractivity contribution in [3.05, 3.63) is 83.2 Å². The number of benzene rings is 2. The molecule has 0 radical (unpaired) electrons. The second kappa shape index (κ2) is 6.56. The lowest BCUT2D eigenvalue weighted by molar-refractivity contribution is -0.123. The smallest absolute Gasteiger partial charge is 0.313 e. The van der Waals surface area contributed by atoms with Gasteiger partial charge in [-0.05, 0) is 17.7 Å². The van der Waals surface area contributed by atoms with E-state index in [0.717, 1.165) is 12.1 Å². The fraction of sp³-hybridized carbons (Fsp3) is 0.118. The van der Waals surface area contributed by atoms with Gasteiger partial charge in [-0.2, -0.15) is 8.42 Å². The lowest BCUT2D eigenvalue weighted by Gasteiger charge is -2.09. The number of hydrogen-bond donors (Lipinski definition) is 1. The van der Waals surface area contributed by atoms with Crippen molar-refractivity contribution in [2.45, 2.75) is 11.8 Å². The van der Waals surface area contributed by atoms with Crippen molar-refractivity contribution in [1.29, 1.82) is 0 Å². The highest BCUT2D eigenvalue weighted by molar-refractivity contribution is 7.86. The van der Waals surface area contributed by atoms with Crippen molar-refractivity contribution in [2.75, 3.05) is 0 Å². The standard InChI is InChI=1S/C17H14FNO5S/c18-13-8-6-12(7-9-13)15-14(20)16(17(19)23-15)24-25(21,22)10-11-4-2-1-3-5-11/h1-9,15H,10,19H2/t15-/m0/s1/i15D. The molecular weight excluding hydrogens is 349 g/mol. The van der Waals surface area contributed by atoms with Crippen LogP contribution >= 0.6 is 0 Å². The molecule has 0 amide bonds. The van der Waals surface area contributed by atoms with Gasteiger partial charge in [0.25, 0.3) is 0 Å². The van der Waals surface area contributed by atoms with Gasteiger partial charge in [-0.3, -0.25) is 4.79 Å². The van der Waals surface area contributed by atoms with Gasteiger partial charge in [0.05, 0.1) is 1.37 Å². The largest absolute Gasteiger partial charge is 0.460 e. The van der Waals surface area contributed by atoms with E-state index in [-0.39, 0.29) is 5.56 Å². The summed E-state index contributed by atoms with van der Waals surface area (Å²) < 4.78 is 55.6. The van der Waals surface area contributed by atoms with Crippen LogP contribution in [-0.2, 0) is 29.6 Å². The van der Waals surface area contributed by atoms with Crippen LogP contribution in [0.2, 0.25) is 0 Å². The first-order valence-electron chi connectivity index (χ1n) is 7.67. The second-order valence-corrected chi connectivity index (χ2v) is 6.80. The summed E-state index contributed by atoms with van der Waals surface area (Å²) in [5.74, 6) is -3.52. The lowest BCUT2D eigenvalue weighted by Crippen LogP contribution is -2.16. The minimum Gasteiger partial charge on any atom is -0.460 e. The fourth-order valence-corrected chi connectivity index (χ4v) is 3.29. The van der Waals surface area contributed by atoms with Crippen molar-refractivity contribution in [3.8, 4) is 0 Å². The van der Waals surface area contributed by atoms with Crippen LogP contribution in [0, 0.1) is 5.82 Å². The summed E-state index contributed by atoms with van der Waals surface area (Å²) >= 11 is 0. The molecule has 2 aromatic rings. The highest BCUT2D eigenvalue weighted by Gasteiger charge is 2.39. The van der Waals surface area contributed by atoms with E-state index < -0.39 is 45.2 Å². The Morgan fingerprint density at radius 2 is 1.80 bits per heavy atom. The number of carbonyl (C=O) groups is 1. The van der Waals surface area contributed by atoms with E-state index in [9.17, 15) is 17.6 Å². The van der Waals surface area contributed by atoms with Crippen molar-refractivity contribution >= 4 is 15.9 Å². The van der Waals surface area contributed by atoms with Gasteiger partial charge in [-0.15, -0.1) is 0 Å². The molecule has 25 heavy (non-hydrogen) atoms. The molecule has 0 aromatic heterocycles. The second-order valence-electron chi connectivity index (χ2n) is 5.23. The third kappa shape index (κ3) is 3.80. The number of ether oxygens (including phenoxy) is 1. The molecule has 0 aliphatic carbocycles. The van der Waals surface area contributed by atoms with E-state index in [2.05, 4.69) is 0 Å². The van der Waals surface area contributed by atoms with Crippen LogP contribution in [0.1, 0.15) is 18.6 Å². The van der Waals surface area contributed by atoms with Crippen LogP contribution in [-0.4, -0.2) is 14.2 Å². The molecule has 1 aliphatic heterocycles. The molecule has 1 atom stereocenters. The molecule has 1 heterocycles. The maximum atomic E-state index is 13.1. The number of nitrogens with two attached hydrogens (primary N) is 1. The molecule has 6 nitrogen and oxygen atoms in total. The summed E-state index contributed by atoms with van der Waals surface area (Å²) in [7, 11) is -4.21. The van der Waals surface area contributed by atoms with Crippen LogP contribution in [0.3, 0.4) is 0 Å². The van der Waals surface area contributed by atoms with Crippen molar-refractivity contribution in [3.63, 3.8) is 0 Å². The highest BCUT2D eigenvalue weighted by Crippen LogP contribution is 2.32. The first kappa shape index (κ1) is 15.6. The molecule has 0 saturated heterocycles. The molecule has 0 spiro atoms. The Hall–Kier alpha value is -2.87. The van der Waals surface area contributed by atoms with Crippen molar-refractivity contribution in [1.82, 2.24) is 0 Å². The predicted octanol–water partition coefficient (Wildman–Crippen LogP) is 2.14. The summed E-state index contributed by atoms with van der Waals surface area (Å²) in [6, 6.07) is 12.6. The minimum atomic E-state index is -4.21. The van der Waals surface area contributed by atoms with Crippen molar-refractivity contribution < 1.29 is 27.9 Å². The fourth-order valence-electron chi connectivity index (χ4n) is 2.22. The Bertz CT molecular complexity index is 976. The Labute approximate surface area is 145 Å². The normalized spacial score (nSPS) is 21.0. The predicted molar refractivity (Wildman–Crippen MR) is 86.6 cm³/mol. The number of Topliss-reactive ketones (excluding diaryl/α,β-unsaturated/α-hetero) is 1. The molecule has 130 valence electrons. The van der Waals surface area contributed by atoms with Gasteiger partial charge in [-0.1, -0.05) is 42.5 Å². The molecule has 3 rings (SSSR count). The summed E-state index contributed by atoms with van der Waals surface area (Å²) in [4.78, 5) is 12.5. The number of rotatable bonds is 5. The number of halogens is 1. The van der Waals surface area contributed by atoms with Gasteiger partial charge in [0.15, 0.2) is 6.08 Å². The van der Waals surface area contributed by atoms with Crippen LogP contribution < -0.4 is 5.73 Å². The molecule has 0 fully saturated rings. The molecule has 0 saturated carbocycles. The third-order valence-electron chi connectivity index (χ3n) is 3.35. The van der Waals surface area contributed by atoms with E-state index in [1.807, 2.05) is 0 Å². The number of carbonyl (C=O) groups excluding carboxylic acids is 1. The monoisotopic (exact) mass is 364 g/mol. The lowest BCUT2D eigenvalue weighted by atomic mass is 10.1. The van der Waals surface area contributed by atoms with Gasteiger partial charge in [0, 0.05) is 5.56 Å². The topological polar surface area (TPSA) is 95.7 Å². The molecule has 2 aromatic carbocycles. The summed E-state index contributed by atoms with van der Waals surface area (Å²) in [5.41, 5.74) is 6.01. The average molecular weight is 364 g/mol. The maximum absolute atomic E-state index is 13.1. The molecule has 1 aliphatic rings. The average Bonchev–Trinajstić information content (AvgIpc) is 2.80. The zero-order valence-electron chi connectivity index (χ0n) is 13.8. The van der Waals surface area contributed by atoms with Gasteiger partial charge in [-0.25, -0.2) is 4.39 Å². The number of hydrogen-bond acceptors (Lipinski definition) is 6. The Kier molecular flexibility index (Phi) is 4.10. The van der Waals surface area contributed by atoms with Crippen LogP contribution in [0.5, 0.6) is 0 Å². The SMILES string of the molecule is [2H][C@@]1(c2ccc(F)cc2)OC(N)=C(OS(=O)(=O)Cc2ccccc2)C1=O. The van der Waals surface area contributed by atoms with Gasteiger partial charge >= 0.3 is 10.1 Å². The summed E-state index contributed by atoms with van der Waals surface area (Å²) in [5, 5.41) is 0. The van der Waals surface area contributed by atoms with Gasteiger partial charge < -0.3 is 14.7 Å². The van der Waals surface area contributed by atoms with E-state index >= 15 is 0 Å². The zero-order valence-corrected chi connectivity index (χ0v) is 13.6. The third-order valence-corrected chi connectivity index (χ3v) is 4.46. The maximum Gasteiger partial charge on any atom is 0.313 e. The highest BCUT2D eigenvalue weighted by atomic mass is 32.2. The molecule has 8 heteroatoms. The minimum absolute atomic E-state index is 0.00842. The summed E-state index contributed by atoms with van der Waals surface area (Å²) in [6.45, 7) is 0. The van der Waals surface area contributed by atoms with Gasteiger partial charge in [0.2, 0.25) is 17.4 Å². The summed E-state index contributed by atoms with van der Waals surface area (Å²) in [6.07, 6.45) is -2.34. The van der Waals surface area contributed by atoms with Gasteiger partial charge in [0.1, 0.15) is 11.6 Å². The van der Waals surface area contributed by atoms with E-state index in [1.165, 1.54) is 12.1 Å². The Balaban J connectivity index is 1.83. The number of ketones is 1. The van der Waals surface area contributed by atoms with Crippen LogP contribution in [0.4, 0.5) is 4.39 Å². The van der Waals surface area contributed by atoms with E-state index in [0.29, 0.717) is 5.56 Å². The van der Waals surface area contributed by atoms with Crippen molar-refractivity contribution in [2.24, 2.45) is 5.73 Å². The van der Waals surface area contributed by atoms with Crippen LogP contribution in [0.25, 0.3) is 0 Å². The van der Waals surface area contributed by atoms with E-state index in [1.54, 1.807) is 30.3 Å². The first-order valence-corrected chi connectivity index (χ1v) is 8.75. The molecule has 0 unspecified atom stereocenters. The first-order chi connectivity index (χ1) is 12.2. The molecule has 0 bridgehead atoms. The van der Waals surface area contributed by atoms with E-state index in [4.69, 9.17) is 16.0 Å². The zero-order chi connectivity index (χ0) is 18.9. The molecular formula is C17H14FNO5S.